The second kappa shape index (κ2) is 5.68. The van der Waals surface area contributed by atoms with Crippen LogP contribution in [0.5, 0.6) is 0 Å². The Morgan fingerprint density at radius 1 is 1.30 bits per heavy atom. The Hall–Kier alpha value is -3.14. The lowest BCUT2D eigenvalue weighted by atomic mass is 9.84. The lowest BCUT2D eigenvalue weighted by Gasteiger charge is -2.17. The maximum absolute atomic E-state index is 14.7. The summed E-state index contributed by atoms with van der Waals surface area (Å²) in [6.07, 6.45) is -1.33. The summed E-state index contributed by atoms with van der Waals surface area (Å²) in [6, 6.07) is 6.35. The first kappa shape index (κ1) is 18.6. The first-order valence-corrected chi connectivity index (χ1v) is 8.45. The van der Waals surface area contributed by atoms with E-state index < -0.39 is 22.7 Å². The minimum atomic E-state index is -1.33. The predicted octanol–water partition coefficient (Wildman–Crippen LogP) is 4.22. The van der Waals surface area contributed by atoms with Crippen molar-refractivity contribution in [2.45, 2.75) is 45.4 Å². The fraction of sp³-hybridized carbons (Fsp3) is 0.350. The summed E-state index contributed by atoms with van der Waals surface area (Å²) in [5, 5.41) is 21.7. The third-order valence-corrected chi connectivity index (χ3v) is 4.97. The minimum Gasteiger partial charge on any atom is -0.464 e. The van der Waals surface area contributed by atoms with Gasteiger partial charge in [0.15, 0.2) is 0 Å². The Kier molecular flexibility index (Phi) is 3.92. The summed E-state index contributed by atoms with van der Waals surface area (Å²) >= 11 is 0. The van der Waals surface area contributed by atoms with Crippen molar-refractivity contribution in [1.82, 2.24) is 4.57 Å². The van der Waals surface area contributed by atoms with Crippen molar-refractivity contribution in [2.75, 3.05) is 5.32 Å². The van der Waals surface area contributed by atoms with Gasteiger partial charge in [-0.3, -0.25) is 4.79 Å². The fourth-order valence-corrected chi connectivity index (χ4v) is 3.37. The number of nitrogens with zero attached hydrogens (tertiary/aromatic N) is 2. The van der Waals surface area contributed by atoms with E-state index in [0.717, 1.165) is 4.57 Å². The number of nitrogens with one attached hydrogen (secondary N) is 1. The Bertz CT molecular complexity index is 1040. The van der Waals surface area contributed by atoms with Crippen molar-refractivity contribution >= 4 is 17.7 Å². The first-order chi connectivity index (χ1) is 12.4. The lowest BCUT2D eigenvalue weighted by Crippen LogP contribution is -2.26. The number of rotatable bonds is 1. The summed E-state index contributed by atoms with van der Waals surface area (Å²) in [7, 11) is 0. The van der Waals surface area contributed by atoms with E-state index >= 15 is 0 Å². The summed E-state index contributed by atoms with van der Waals surface area (Å²) in [5.41, 5.74) is 0.182. The van der Waals surface area contributed by atoms with Crippen molar-refractivity contribution in [1.29, 1.82) is 5.26 Å². The SMILES string of the molecule is CC(C)(C)c1cc(-c2cc(F)c3c(c2)C(C)(C)C(=O)N3)n(C(=O)O)c1C#N. The Labute approximate surface area is 156 Å². The highest BCUT2D eigenvalue weighted by Gasteiger charge is 2.40. The molecule has 2 N–H and O–H groups in total. The van der Waals surface area contributed by atoms with Crippen molar-refractivity contribution in [3.63, 3.8) is 0 Å². The van der Waals surface area contributed by atoms with Crippen molar-refractivity contribution < 1.29 is 19.1 Å². The molecule has 0 saturated heterocycles. The molecular formula is C20H20FN3O3. The van der Waals surface area contributed by atoms with Crippen LogP contribution in [-0.4, -0.2) is 21.7 Å². The number of hydrogen-bond acceptors (Lipinski definition) is 3. The standard InChI is InChI=1S/C20H20FN3O3/c1-19(2,3)11-8-14(24(18(26)27)15(11)9-22)10-6-12-16(13(21)7-10)23-17(25)20(12,4)5/h6-8H,1-5H3,(H,23,25)(H,26,27). The average Bonchev–Trinajstić information content (AvgIpc) is 3.05. The third-order valence-electron chi connectivity index (χ3n) is 4.97. The zero-order chi connectivity index (χ0) is 20.3. The third kappa shape index (κ3) is 2.69. The summed E-state index contributed by atoms with van der Waals surface area (Å²) in [5.74, 6) is -0.967. The van der Waals surface area contributed by atoms with E-state index in [-0.39, 0.29) is 23.0 Å². The van der Waals surface area contributed by atoms with Gasteiger partial charge in [-0.1, -0.05) is 20.8 Å². The van der Waals surface area contributed by atoms with Gasteiger partial charge in [0.1, 0.15) is 17.6 Å². The van der Waals surface area contributed by atoms with Gasteiger partial charge in [-0.05, 0) is 48.6 Å². The summed E-state index contributed by atoms with van der Waals surface area (Å²) in [4.78, 5) is 24.0. The van der Waals surface area contributed by atoms with Crippen molar-refractivity contribution in [2.24, 2.45) is 0 Å². The molecule has 3 rings (SSSR count). The van der Waals surface area contributed by atoms with E-state index in [1.54, 1.807) is 26.0 Å². The molecule has 0 aliphatic carbocycles. The Morgan fingerprint density at radius 2 is 1.93 bits per heavy atom. The van der Waals surface area contributed by atoms with Gasteiger partial charge in [0.05, 0.1) is 16.8 Å². The zero-order valence-corrected chi connectivity index (χ0v) is 15.8. The van der Waals surface area contributed by atoms with Crippen LogP contribution in [0.1, 0.15) is 51.4 Å². The molecular weight excluding hydrogens is 349 g/mol. The van der Waals surface area contributed by atoms with Crippen LogP contribution < -0.4 is 5.32 Å². The van der Waals surface area contributed by atoms with E-state index in [2.05, 4.69) is 5.32 Å². The highest BCUT2D eigenvalue weighted by atomic mass is 19.1. The highest BCUT2D eigenvalue weighted by Crippen LogP contribution is 2.42. The molecule has 0 saturated carbocycles. The first-order valence-electron chi connectivity index (χ1n) is 8.45. The highest BCUT2D eigenvalue weighted by molar-refractivity contribution is 6.06. The number of aromatic nitrogens is 1. The van der Waals surface area contributed by atoms with Gasteiger partial charge in [0.25, 0.3) is 0 Å². The van der Waals surface area contributed by atoms with Gasteiger partial charge in [-0.15, -0.1) is 0 Å². The number of nitriles is 1. The monoisotopic (exact) mass is 369 g/mol. The molecule has 0 fully saturated rings. The van der Waals surface area contributed by atoms with Crippen LogP contribution in [0.3, 0.4) is 0 Å². The van der Waals surface area contributed by atoms with E-state index in [4.69, 9.17) is 0 Å². The van der Waals surface area contributed by atoms with Gasteiger partial charge < -0.3 is 10.4 Å². The molecule has 2 aromatic rings. The topological polar surface area (TPSA) is 95.1 Å². The molecule has 1 aromatic carbocycles. The molecule has 0 spiro atoms. The largest absolute Gasteiger partial charge is 0.464 e. The number of carbonyl (C=O) groups excluding carboxylic acids is 1. The molecule has 6 nitrogen and oxygen atoms in total. The van der Waals surface area contributed by atoms with E-state index in [1.807, 2.05) is 26.8 Å². The van der Waals surface area contributed by atoms with Crippen LogP contribution in [0.25, 0.3) is 11.3 Å². The molecule has 0 unspecified atom stereocenters. The van der Waals surface area contributed by atoms with Gasteiger partial charge in [0, 0.05) is 5.56 Å². The molecule has 27 heavy (non-hydrogen) atoms. The van der Waals surface area contributed by atoms with E-state index in [0.29, 0.717) is 16.7 Å². The molecule has 140 valence electrons. The second-order valence-electron chi connectivity index (χ2n) is 8.23. The zero-order valence-electron chi connectivity index (χ0n) is 15.8. The molecule has 0 bridgehead atoms. The van der Waals surface area contributed by atoms with Gasteiger partial charge >= 0.3 is 6.09 Å². The van der Waals surface area contributed by atoms with Gasteiger partial charge in [-0.25, -0.2) is 13.8 Å². The number of anilines is 1. The summed E-state index contributed by atoms with van der Waals surface area (Å²) < 4.78 is 15.5. The van der Waals surface area contributed by atoms with Crippen LogP contribution in [0, 0.1) is 17.1 Å². The number of fused-ring (bicyclic) bond motifs is 1. The average molecular weight is 369 g/mol. The van der Waals surface area contributed by atoms with Gasteiger partial charge in [-0.2, -0.15) is 5.26 Å². The quantitative estimate of drug-likeness (QED) is 0.787. The number of carbonyl (C=O) groups is 2. The Morgan fingerprint density at radius 3 is 2.44 bits per heavy atom. The van der Waals surface area contributed by atoms with E-state index in [1.165, 1.54) is 6.07 Å². The second-order valence-corrected chi connectivity index (χ2v) is 8.23. The van der Waals surface area contributed by atoms with Crippen molar-refractivity contribution in [3.05, 3.63) is 40.8 Å². The number of hydrogen-bond donors (Lipinski definition) is 2. The molecule has 1 aliphatic heterocycles. The smallest absolute Gasteiger partial charge is 0.417 e. The number of halogens is 1. The normalized spacial score (nSPS) is 15.2. The van der Waals surface area contributed by atoms with Crippen LogP contribution in [0.15, 0.2) is 18.2 Å². The lowest BCUT2D eigenvalue weighted by molar-refractivity contribution is -0.119. The summed E-state index contributed by atoms with van der Waals surface area (Å²) in [6.45, 7) is 8.96. The molecule has 2 heterocycles. The molecule has 7 heteroatoms. The Balaban J connectivity index is 2.34. The van der Waals surface area contributed by atoms with Crippen LogP contribution in [-0.2, 0) is 15.6 Å². The maximum Gasteiger partial charge on any atom is 0.417 e. The number of carboxylic acid groups (broad SMARTS) is 1. The molecule has 0 radical (unpaired) electrons. The van der Waals surface area contributed by atoms with Crippen LogP contribution in [0.4, 0.5) is 14.9 Å². The molecule has 1 amide bonds. The molecule has 1 aromatic heterocycles. The van der Waals surface area contributed by atoms with Crippen LogP contribution in [0.2, 0.25) is 0 Å². The predicted molar refractivity (Wildman–Crippen MR) is 98.3 cm³/mol. The van der Waals surface area contributed by atoms with Crippen molar-refractivity contribution in [3.8, 4) is 17.3 Å². The van der Waals surface area contributed by atoms with Gasteiger partial charge in [0.2, 0.25) is 5.91 Å². The number of benzene rings is 1. The number of amides is 1. The molecule has 1 aliphatic rings. The molecule has 0 atom stereocenters. The maximum atomic E-state index is 14.7. The fourth-order valence-electron chi connectivity index (χ4n) is 3.37. The minimum absolute atomic E-state index is 0.000585. The van der Waals surface area contributed by atoms with Crippen LogP contribution >= 0.6 is 0 Å². The van der Waals surface area contributed by atoms with E-state index in [9.17, 15) is 24.3 Å².